The summed E-state index contributed by atoms with van der Waals surface area (Å²) in [5.41, 5.74) is -0.0600. The van der Waals surface area contributed by atoms with Crippen molar-refractivity contribution in [1.82, 2.24) is 9.80 Å². The Balaban J connectivity index is 1.60. The molecule has 0 aromatic rings. The van der Waals surface area contributed by atoms with Crippen LogP contribution in [-0.2, 0) is 9.59 Å². The van der Waals surface area contributed by atoms with Crippen molar-refractivity contribution < 1.29 is 9.59 Å². The van der Waals surface area contributed by atoms with E-state index in [-0.39, 0.29) is 5.41 Å². The molecule has 4 heteroatoms. The van der Waals surface area contributed by atoms with Crippen LogP contribution in [0.15, 0.2) is 0 Å². The summed E-state index contributed by atoms with van der Waals surface area (Å²) in [4.78, 5) is 30.0. The molecule has 2 atom stereocenters. The highest BCUT2D eigenvalue weighted by Crippen LogP contribution is 2.45. The molecule has 0 aromatic heterocycles. The molecular formula is C21H36N2O2. The van der Waals surface area contributed by atoms with Gasteiger partial charge in [0.1, 0.15) is 0 Å². The molecule has 0 radical (unpaired) electrons. The van der Waals surface area contributed by atoms with Crippen LogP contribution < -0.4 is 0 Å². The van der Waals surface area contributed by atoms with Crippen LogP contribution in [0.1, 0.15) is 78.1 Å². The second-order valence-electron chi connectivity index (χ2n) is 9.23. The van der Waals surface area contributed by atoms with E-state index in [1.807, 2.05) is 0 Å². The highest BCUT2D eigenvalue weighted by Gasteiger charge is 2.40. The van der Waals surface area contributed by atoms with Gasteiger partial charge in [0.05, 0.1) is 0 Å². The Kier molecular flexibility index (Phi) is 6.06. The molecule has 0 N–H and O–H groups in total. The maximum atomic E-state index is 12.9. The fraction of sp³-hybridized carbons (Fsp3) is 0.905. The Morgan fingerprint density at radius 2 is 1.24 bits per heavy atom. The lowest BCUT2D eigenvalue weighted by Crippen LogP contribution is -2.44. The Morgan fingerprint density at radius 3 is 1.64 bits per heavy atom. The van der Waals surface area contributed by atoms with Gasteiger partial charge in [0.2, 0.25) is 11.8 Å². The fourth-order valence-corrected chi connectivity index (χ4v) is 5.24. The predicted molar refractivity (Wildman–Crippen MR) is 100 cm³/mol. The summed E-state index contributed by atoms with van der Waals surface area (Å²) in [5.74, 6) is 1.84. The van der Waals surface area contributed by atoms with Gasteiger partial charge in [-0.25, -0.2) is 0 Å². The van der Waals surface area contributed by atoms with Crippen molar-refractivity contribution >= 4 is 11.8 Å². The lowest BCUT2D eigenvalue weighted by atomic mass is 9.78. The second-order valence-corrected chi connectivity index (χ2v) is 9.23. The molecule has 2 aliphatic heterocycles. The Labute approximate surface area is 153 Å². The Bertz CT molecular complexity index is 446. The van der Waals surface area contributed by atoms with Crippen LogP contribution in [-0.4, -0.2) is 47.8 Å². The average molecular weight is 349 g/mol. The monoisotopic (exact) mass is 348 g/mol. The number of rotatable bonds is 4. The smallest absolute Gasteiger partial charge is 0.223 e. The van der Waals surface area contributed by atoms with Gasteiger partial charge in [-0.3, -0.25) is 9.59 Å². The number of hydrogen-bond acceptors (Lipinski definition) is 2. The Hall–Kier alpha value is -1.06. The van der Waals surface area contributed by atoms with Gasteiger partial charge in [-0.1, -0.05) is 26.7 Å². The number of amides is 2. The van der Waals surface area contributed by atoms with E-state index in [4.69, 9.17) is 0 Å². The second kappa shape index (κ2) is 8.09. The summed E-state index contributed by atoms with van der Waals surface area (Å²) >= 11 is 0. The van der Waals surface area contributed by atoms with Gasteiger partial charge in [0.25, 0.3) is 0 Å². The molecule has 1 aliphatic carbocycles. The van der Waals surface area contributed by atoms with Crippen LogP contribution in [0, 0.1) is 17.3 Å². The molecule has 4 nitrogen and oxygen atoms in total. The van der Waals surface area contributed by atoms with E-state index >= 15 is 0 Å². The van der Waals surface area contributed by atoms with Gasteiger partial charge >= 0.3 is 0 Å². The van der Waals surface area contributed by atoms with Crippen molar-refractivity contribution in [3.8, 4) is 0 Å². The molecule has 0 unspecified atom stereocenters. The van der Waals surface area contributed by atoms with E-state index in [2.05, 4.69) is 23.6 Å². The highest BCUT2D eigenvalue weighted by molar-refractivity contribution is 5.80. The summed E-state index contributed by atoms with van der Waals surface area (Å²) in [6.45, 7) is 8.13. The van der Waals surface area contributed by atoms with E-state index < -0.39 is 0 Å². The molecule has 2 amide bonds. The number of carbonyl (C=O) groups excluding carboxylic acids is 2. The highest BCUT2D eigenvalue weighted by atomic mass is 16.2. The van der Waals surface area contributed by atoms with Gasteiger partial charge < -0.3 is 9.80 Å². The molecule has 3 rings (SSSR count). The van der Waals surface area contributed by atoms with E-state index in [9.17, 15) is 9.59 Å². The minimum Gasteiger partial charge on any atom is -0.342 e. The first-order valence-electron chi connectivity index (χ1n) is 10.5. The summed E-state index contributed by atoms with van der Waals surface area (Å²) < 4.78 is 0. The van der Waals surface area contributed by atoms with Crippen molar-refractivity contribution in [3.63, 3.8) is 0 Å². The van der Waals surface area contributed by atoms with Crippen molar-refractivity contribution in [2.45, 2.75) is 78.1 Å². The lowest BCUT2D eigenvalue weighted by molar-refractivity contribution is -0.139. The van der Waals surface area contributed by atoms with Crippen molar-refractivity contribution in [1.29, 1.82) is 0 Å². The number of piperidine rings is 2. The summed E-state index contributed by atoms with van der Waals surface area (Å²) in [6.07, 6.45) is 10.4. The minimum absolute atomic E-state index is 0.0600. The van der Waals surface area contributed by atoms with Crippen molar-refractivity contribution in [2.24, 2.45) is 17.3 Å². The van der Waals surface area contributed by atoms with Gasteiger partial charge in [-0.15, -0.1) is 0 Å². The van der Waals surface area contributed by atoms with Gasteiger partial charge in [0.15, 0.2) is 0 Å². The molecule has 0 bridgehead atoms. The average Bonchev–Trinajstić information content (AvgIpc) is 3.03. The van der Waals surface area contributed by atoms with Gasteiger partial charge in [-0.2, -0.15) is 0 Å². The van der Waals surface area contributed by atoms with E-state index in [0.29, 0.717) is 36.5 Å². The molecule has 3 fully saturated rings. The SMILES string of the molecule is C[C@@H]1CCCN(C(=O)CC2(CC(=O)N3CCC[C@@H](C)C3)CCCC2)C1. The van der Waals surface area contributed by atoms with Crippen LogP contribution in [0.25, 0.3) is 0 Å². The molecule has 3 aliphatic rings. The molecule has 0 spiro atoms. The molecule has 25 heavy (non-hydrogen) atoms. The molecule has 1 saturated carbocycles. The third-order valence-electron chi connectivity index (χ3n) is 6.74. The maximum absolute atomic E-state index is 12.9. The van der Waals surface area contributed by atoms with E-state index in [1.165, 1.54) is 25.7 Å². The normalized spacial score (nSPS) is 29.7. The van der Waals surface area contributed by atoms with Crippen molar-refractivity contribution in [3.05, 3.63) is 0 Å². The van der Waals surface area contributed by atoms with Crippen LogP contribution in [0.3, 0.4) is 0 Å². The molecular weight excluding hydrogens is 312 g/mol. The topological polar surface area (TPSA) is 40.6 Å². The van der Waals surface area contributed by atoms with Crippen LogP contribution in [0.2, 0.25) is 0 Å². The Morgan fingerprint density at radius 1 is 0.800 bits per heavy atom. The van der Waals surface area contributed by atoms with Gasteiger partial charge in [0, 0.05) is 39.0 Å². The molecule has 2 heterocycles. The molecule has 0 aromatic carbocycles. The zero-order valence-corrected chi connectivity index (χ0v) is 16.3. The van der Waals surface area contributed by atoms with Crippen LogP contribution in [0.4, 0.5) is 0 Å². The number of likely N-dealkylation sites (tertiary alicyclic amines) is 2. The van der Waals surface area contributed by atoms with Gasteiger partial charge in [-0.05, 0) is 55.8 Å². The molecule has 2 saturated heterocycles. The largest absolute Gasteiger partial charge is 0.342 e. The summed E-state index contributed by atoms with van der Waals surface area (Å²) in [5, 5.41) is 0. The van der Waals surface area contributed by atoms with Crippen LogP contribution >= 0.6 is 0 Å². The maximum Gasteiger partial charge on any atom is 0.223 e. The third kappa shape index (κ3) is 4.77. The first-order valence-corrected chi connectivity index (χ1v) is 10.5. The zero-order chi connectivity index (χ0) is 17.9. The quantitative estimate of drug-likeness (QED) is 0.774. The minimum atomic E-state index is -0.0600. The van der Waals surface area contributed by atoms with Crippen LogP contribution in [0.5, 0.6) is 0 Å². The number of hydrogen-bond donors (Lipinski definition) is 0. The van der Waals surface area contributed by atoms with E-state index in [0.717, 1.165) is 51.9 Å². The van der Waals surface area contributed by atoms with Crippen molar-refractivity contribution in [2.75, 3.05) is 26.2 Å². The first kappa shape index (κ1) is 18.7. The third-order valence-corrected chi connectivity index (χ3v) is 6.74. The van der Waals surface area contributed by atoms with E-state index in [1.54, 1.807) is 0 Å². The summed E-state index contributed by atoms with van der Waals surface area (Å²) in [7, 11) is 0. The molecule has 142 valence electrons. The summed E-state index contributed by atoms with van der Waals surface area (Å²) in [6, 6.07) is 0. The standard InChI is InChI=1S/C21H36N2O2/c1-17-7-5-11-22(15-17)19(24)13-21(9-3-4-10-21)14-20(25)23-12-6-8-18(2)16-23/h17-18H,3-16H2,1-2H3/t17-,18-/m1/s1. The zero-order valence-electron chi connectivity index (χ0n) is 16.3. The number of nitrogens with zero attached hydrogens (tertiary/aromatic N) is 2. The number of carbonyl (C=O) groups is 2. The first-order chi connectivity index (χ1) is 12.0. The lowest BCUT2D eigenvalue weighted by Gasteiger charge is -2.37. The fourth-order valence-electron chi connectivity index (χ4n) is 5.24. The predicted octanol–water partition coefficient (Wildman–Crippen LogP) is 3.84.